The second-order valence-electron chi connectivity index (χ2n) is 8.40. The van der Waals surface area contributed by atoms with Crippen LogP contribution in [0.25, 0.3) is 0 Å². The number of carboxylic acids is 1. The van der Waals surface area contributed by atoms with Crippen LogP contribution in [0.2, 0.25) is 0 Å². The lowest BCUT2D eigenvalue weighted by Crippen LogP contribution is -2.44. The topological polar surface area (TPSA) is 133 Å². The van der Waals surface area contributed by atoms with Gasteiger partial charge >= 0.3 is 23.9 Å². The van der Waals surface area contributed by atoms with Crippen molar-refractivity contribution in [1.82, 2.24) is 0 Å². The first-order valence-corrected chi connectivity index (χ1v) is 10.2. The molecular weight excluding hydrogens is 384 g/mol. The van der Waals surface area contributed by atoms with Crippen LogP contribution in [0.1, 0.15) is 51.4 Å². The van der Waals surface area contributed by atoms with Crippen molar-refractivity contribution in [3.8, 4) is 0 Å². The molecule has 1 N–H and O–H groups in total. The lowest BCUT2D eigenvalue weighted by atomic mass is 9.78. The Hall–Kier alpha value is -2.45. The van der Waals surface area contributed by atoms with E-state index in [4.69, 9.17) is 19.3 Å². The Morgan fingerprint density at radius 2 is 1.72 bits per heavy atom. The van der Waals surface area contributed by atoms with Crippen molar-refractivity contribution in [3.63, 3.8) is 0 Å². The van der Waals surface area contributed by atoms with E-state index in [0.717, 1.165) is 32.1 Å². The highest BCUT2D eigenvalue weighted by atomic mass is 16.6. The molecule has 9 heteroatoms. The summed E-state index contributed by atoms with van der Waals surface area (Å²) >= 11 is 0. The fourth-order valence-corrected chi connectivity index (χ4v) is 5.43. The number of aliphatic carboxylic acids is 1. The third kappa shape index (κ3) is 3.62. The Morgan fingerprint density at radius 3 is 2.41 bits per heavy atom. The SMILES string of the molecule is O=C(CCC(=O)C(=O)O)OC1C2CC3C1OC(=O)C3C2C(=O)OC1CCCCC1. The maximum absolute atomic E-state index is 12.9. The van der Waals surface area contributed by atoms with Crippen molar-refractivity contribution >= 4 is 29.7 Å². The second kappa shape index (κ2) is 7.76. The van der Waals surface area contributed by atoms with Crippen molar-refractivity contribution in [2.45, 2.75) is 69.7 Å². The molecule has 4 aliphatic rings. The summed E-state index contributed by atoms with van der Waals surface area (Å²) in [5.74, 6) is -6.08. The normalized spacial score (nSPS) is 35.2. The minimum absolute atomic E-state index is 0.133. The Bertz CT molecular complexity index is 738. The van der Waals surface area contributed by atoms with E-state index in [1.807, 2.05) is 0 Å². The van der Waals surface area contributed by atoms with E-state index in [9.17, 15) is 24.0 Å². The first-order chi connectivity index (χ1) is 13.9. The van der Waals surface area contributed by atoms with Gasteiger partial charge in [0.25, 0.3) is 0 Å². The molecule has 9 nitrogen and oxygen atoms in total. The number of rotatable bonds is 7. The summed E-state index contributed by atoms with van der Waals surface area (Å²) in [5, 5.41) is 8.60. The molecule has 0 amide bonds. The summed E-state index contributed by atoms with van der Waals surface area (Å²) < 4.78 is 16.5. The average molecular weight is 408 g/mol. The number of carboxylic acid groups (broad SMARTS) is 1. The van der Waals surface area contributed by atoms with E-state index in [2.05, 4.69) is 0 Å². The number of carbonyl (C=O) groups is 5. The maximum atomic E-state index is 12.9. The average Bonchev–Trinajstić information content (AvgIpc) is 3.30. The van der Waals surface area contributed by atoms with Gasteiger partial charge in [-0.25, -0.2) is 4.79 Å². The first-order valence-electron chi connectivity index (χ1n) is 10.2. The molecule has 1 saturated heterocycles. The number of fused-ring (bicyclic) bond motifs is 1. The highest BCUT2D eigenvalue weighted by Gasteiger charge is 2.70. The summed E-state index contributed by atoms with van der Waals surface area (Å²) in [6, 6.07) is 0. The molecule has 0 aromatic heterocycles. The molecule has 6 atom stereocenters. The van der Waals surface area contributed by atoms with Crippen LogP contribution in [0.4, 0.5) is 0 Å². The van der Waals surface area contributed by atoms with Crippen LogP contribution in [0.5, 0.6) is 0 Å². The van der Waals surface area contributed by atoms with Crippen molar-refractivity contribution in [2.24, 2.45) is 23.7 Å². The first kappa shape index (κ1) is 19.8. The Kier molecular flexibility index (Phi) is 5.31. The van der Waals surface area contributed by atoms with E-state index >= 15 is 0 Å². The number of ether oxygens (including phenoxy) is 3. The number of ketones is 1. The molecule has 6 unspecified atom stereocenters. The van der Waals surface area contributed by atoms with Crippen molar-refractivity contribution in [3.05, 3.63) is 0 Å². The lowest BCUT2D eigenvalue weighted by molar-refractivity contribution is -0.169. The highest BCUT2D eigenvalue weighted by molar-refractivity contribution is 6.32. The molecule has 4 rings (SSSR count). The zero-order chi connectivity index (χ0) is 20.7. The maximum Gasteiger partial charge on any atom is 0.372 e. The van der Waals surface area contributed by atoms with Crippen LogP contribution in [0, 0.1) is 23.7 Å². The zero-order valence-corrected chi connectivity index (χ0v) is 15.9. The van der Waals surface area contributed by atoms with Gasteiger partial charge in [0.05, 0.1) is 18.3 Å². The predicted molar refractivity (Wildman–Crippen MR) is 93.2 cm³/mol. The van der Waals surface area contributed by atoms with Gasteiger partial charge in [-0.2, -0.15) is 0 Å². The van der Waals surface area contributed by atoms with Gasteiger partial charge in [-0.1, -0.05) is 6.42 Å². The van der Waals surface area contributed by atoms with Crippen molar-refractivity contribution in [2.75, 3.05) is 0 Å². The monoisotopic (exact) mass is 408 g/mol. The molecule has 1 heterocycles. The summed E-state index contributed by atoms with van der Waals surface area (Å²) in [4.78, 5) is 59.1. The Morgan fingerprint density at radius 1 is 1.00 bits per heavy atom. The molecule has 0 radical (unpaired) electrons. The molecule has 0 aromatic carbocycles. The van der Waals surface area contributed by atoms with Crippen molar-refractivity contribution < 1.29 is 43.3 Å². The van der Waals surface area contributed by atoms with E-state index in [1.165, 1.54) is 0 Å². The van der Waals surface area contributed by atoms with Gasteiger partial charge in [-0.05, 0) is 32.1 Å². The van der Waals surface area contributed by atoms with Crippen molar-refractivity contribution in [1.29, 1.82) is 0 Å². The molecule has 158 valence electrons. The summed E-state index contributed by atoms with van der Waals surface area (Å²) in [6.45, 7) is 0. The van der Waals surface area contributed by atoms with Crippen LogP contribution < -0.4 is 0 Å². The zero-order valence-electron chi connectivity index (χ0n) is 15.9. The fourth-order valence-electron chi connectivity index (χ4n) is 5.43. The lowest BCUT2D eigenvalue weighted by Gasteiger charge is -2.31. The van der Waals surface area contributed by atoms with Gasteiger partial charge in [0.1, 0.15) is 18.3 Å². The molecule has 29 heavy (non-hydrogen) atoms. The minimum atomic E-state index is -1.60. The van der Waals surface area contributed by atoms with Crippen LogP contribution >= 0.6 is 0 Å². The summed E-state index contributed by atoms with van der Waals surface area (Å²) in [6.07, 6.45) is 3.00. The van der Waals surface area contributed by atoms with Gasteiger partial charge in [0, 0.05) is 18.3 Å². The Balaban J connectivity index is 1.41. The van der Waals surface area contributed by atoms with Crippen LogP contribution in [0.3, 0.4) is 0 Å². The summed E-state index contributed by atoms with van der Waals surface area (Å²) in [7, 11) is 0. The molecule has 3 saturated carbocycles. The van der Waals surface area contributed by atoms with E-state index in [0.29, 0.717) is 6.42 Å². The van der Waals surface area contributed by atoms with E-state index < -0.39 is 60.1 Å². The molecular formula is C20H24O9. The van der Waals surface area contributed by atoms with Gasteiger partial charge in [0.15, 0.2) is 0 Å². The third-order valence-corrected chi connectivity index (χ3v) is 6.72. The van der Waals surface area contributed by atoms with E-state index in [1.54, 1.807) is 0 Å². The second-order valence-corrected chi connectivity index (χ2v) is 8.40. The fraction of sp³-hybridized carbons (Fsp3) is 0.750. The molecule has 1 aliphatic heterocycles. The van der Waals surface area contributed by atoms with Gasteiger partial charge < -0.3 is 19.3 Å². The Labute approximate surface area is 167 Å². The molecule has 4 fully saturated rings. The van der Waals surface area contributed by atoms with E-state index in [-0.39, 0.29) is 24.4 Å². The number of esters is 3. The van der Waals surface area contributed by atoms with Crippen LogP contribution in [-0.2, 0) is 38.2 Å². The number of Topliss-reactive ketones (excluding diaryl/α,β-unsaturated/α-hetero) is 1. The van der Waals surface area contributed by atoms with Crippen LogP contribution in [-0.4, -0.2) is 53.1 Å². The molecule has 3 aliphatic carbocycles. The minimum Gasteiger partial charge on any atom is -0.476 e. The van der Waals surface area contributed by atoms with Gasteiger partial charge in [-0.15, -0.1) is 0 Å². The highest BCUT2D eigenvalue weighted by Crippen LogP contribution is 2.59. The number of hydrogen-bond acceptors (Lipinski definition) is 8. The number of carbonyl (C=O) groups excluding carboxylic acids is 4. The van der Waals surface area contributed by atoms with Gasteiger partial charge in [-0.3, -0.25) is 19.2 Å². The third-order valence-electron chi connectivity index (χ3n) is 6.72. The summed E-state index contributed by atoms with van der Waals surface area (Å²) in [5.41, 5.74) is 0. The standard InChI is InChI=1S/C20H24O9/c21-12(18(23)24)6-7-13(22)28-16-10-8-11-15(20(26)29-17(11)16)14(10)19(25)27-9-4-2-1-3-5-9/h9-11,14-17H,1-8H2,(H,23,24). The van der Waals surface area contributed by atoms with Crippen LogP contribution in [0.15, 0.2) is 0 Å². The number of hydrogen-bond donors (Lipinski definition) is 1. The molecule has 2 bridgehead atoms. The van der Waals surface area contributed by atoms with Gasteiger partial charge in [0.2, 0.25) is 5.78 Å². The quantitative estimate of drug-likeness (QED) is 0.372. The smallest absolute Gasteiger partial charge is 0.372 e. The largest absolute Gasteiger partial charge is 0.476 e. The molecule has 0 spiro atoms. The molecule has 0 aromatic rings. The predicted octanol–water partition coefficient (Wildman–Crippen LogP) is 1.02.